The monoisotopic (exact) mass is 1110 g/mol. The Labute approximate surface area is 481 Å². The number of aliphatic hydroxyl groups excluding tert-OH is 7. The summed E-state index contributed by atoms with van der Waals surface area (Å²) in [6.07, 6.45) is 57.2. The molecule has 0 aromatic heterocycles. The summed E-state index contributed by atoms with van der Waals surface area (Å²) in [4.78, 5) is 13.2. The molecule has 0 aromatic rings. The van der Waals surface area contributed by atoms with E-state index in [4.69, 9.17) is 9.47 Å². The van der Waals surface area contributed by atoms with E-state index in [0.29, 0.717) is 12.8 Å². The third-order valence-corrected chi connectivity index (χ3v) is 16.8. The van der Waals surface area contributed by atoms with Gasteiger partial charge in [0.2, 0.25) is 5.91 Å². The Morgan fingerprint density at radius 1 is 0.436 bits per heavy atom. The summed E-state index contributed by atoms with van der Waals surface area (Å²) in [5, 5.41) is 76.4. The molecule has 1 amide bonds. The highest BCUT2D eigenvalue weighted by Gasteiger charge is 2.44. The van der Waals surface area contributed by atoms with Crippen LogP contribution in [0.3, 0.4) is 0 Å². The molecule has 0 aliphatic carbocycles. The SMILES string of the molecule is CCCCCCCCCCCCCCCCCCCCCCCCC/C=C/CCCC(O)C(O)C(COC1OC(CO)C(O)C(O)C1O)NC(=O)C(O)CCCCCCCCCCCCCCCCCCCCCCCCC. The summed E-state index contributed by atoms with van der Waals surface area (Å²) in [5.41, 5.74) is 0. The molecule has 0 spiro atoms. The van der Waals surface area contributed by atoms with Crippen molar-refractivity contribution in [2.45, 2.75) is 396 Å². The number of ether oxygens (including phenoxy) is 2. The van der Waals surface area contributed by atoms with Gasteiger partial charge in [0.05, 0.1) is 25.4 Å². The van der Waals surface area contributed by atoms with Crippen LogP contribution in [-0.2, 0) is 14.3 Å². The number of carbonyl (C=O) groups excluding carboxylic acids is 1. The molecule has 1 heterocycles. The van der Waals surface area contributed by atoms with Crippen LogP contribution in [0.2, 0.25) is 0 Å². The van der Waals surface area contributed by atoms with Crippen molar-refractivity contribution < 1.29 is 50.0 Å². The highest BCUT2D eigenvalue weighted by molar-refractivity contribution is 5.80. The summed E-state index contributed by atoms with van der Waals surface area (Å²) in [5.74, 6) is -0.698. The fourth-order valence-corrected chi connectivity index (χ4v) is 11.3. The molecule has 1 saturated heterocycles. The lowest BCUT2D eigenvalue weighted by molar-refractivity contribution is -0.303. The van der Waals surface area contributed by atoms with Crippen molar-refractivity contribution in [2.24, 2.45) is 0 Å². The van der Waals surface area contributed by atoms with E-state index in [0.717, 1.165) is 38.5 Å². The lowest BCUT2D eigenvalue weighted by Gasteiger charge is -2.40. The fraction of sp³-hybridized carbons (Fsp3) is 0.955. The van der Waals surface area contributed by atoms with E-state index in [-0.39, 0.29) is 12.8 Å². The maximum atomic E-state index is 13.2. The zero-order valence-corrected chi connectivity index (χ0v) is 51.2. The lowest BCUT2D eigenvalue weighted by atomic mass is 9.98. The van der Waals surface area contributed by atoms with Gasteiger partial charge in [0.15, 0.2) is 6.29 Å². The number of carbonyl (C=O) groups is 1. The van der Waals surface area contributed by atoms with E-state index < -0.39 is 74.2 Å². The predicted octanol–water partition coefficient (Wildman–Crippen LogP) is 15.9. The molecule has 1 aliphatic rings. The Bertz CT molecular complexity index is 1270. The number of hydrogen-bond acceptors (Lipinski definition) is 10. The van der Waals surface area contributed by atoms with Crippen LogP contribution in [0.1, 0.15) is 341 Å². The molecular formula is C67H131NO10. The van der Waals surface area contributed by atoms with E-state index in [9.17, 15) is 40.5 Å². The van der Waals surface area contributed by atoms with Gasteiger partial charge in [-0.3, -0.25) is 4.79 Å². The Hall–Kier alpha value is -1.15. The summed E-state index contributed by atoms with van der Waals surface area (Å²) < 4.78 is 11.2. The van der Waals surface area contributed by atoms with Gasteiger partial charge in [-0.2, -0.15) is 0 Å². The largest absolute Gasteiger partial charge is 0.394 e. The Kier molecular flexibility index (Phi) is 54.1. The molecule has 0 aromatic carbocycles. The lowest BCUT2D eigenvalue weighted by Crippen LogP contribution is -2.60. The van der Waals surface area contributed by atoms with Gasteiger partial charge in [0, 0.05) is 0 Å². The first-order valence-electron chi connectivity index (χ1n) is 34.1. The van der Waals surface area contributed by atoms with Crippen molar-refractivity contribution in [3.8, 4) is 0 Å². The van der Waals surface area contributed by atoms with Crippen molar-refractivity contribution in [2.75, 3.05) is 13.2 Å². The molecule has 1 aliphatic heterocycles. The van der Waals surface area contributed by atoms with Crippen molar-refractivity contribution in [1.29, 1.82) is 0 Å². The number of allylic oxidation sites excluding steroid dienone is 2. The second-order valence-electron chi connectivity index (χ2n) is 24.3. The molecular weight excluding hydrogens is 979 g/mol. The Morgan fingerprint density at radius 3 is 1.10 bits per heavy atom. The highest BCUT2D eigenvalue weighted by atomic mass is 16.7. The molecule has 1 rings (SSSR count). The van der Waals surface area contributed by atoms with Crippen LogP contribution >= 0.6 is 0 Å². The minimum atomic E-state index is -1.67. The summed E-state index contributed by atoms with van der Waals surface area (Å²) in [6.45, 7) is 3.50. The first-order valence-corrected chi connectivity index (χ1v) is 34.1. The van der Waals surface area contributed by atoms with Crippen LogP contribution < -0.4 is 5.32 Å². The van der Waals surface area contributed by atoms with Crippen molar-refractivity contribution >= 4 is 5.91 Å². The molecule has 0 bridgehead atoms. The topological polar surface area (TPSA) is 189 Å². The standard InChI is InChI=1S/C67H131NO10/c1-3-5-7-9-11-13-15-17-19-21-23-25-27-28-29-30-31-33-34-36-38-40-42-44-46-48-50-52-54-59(70)62(72)58(57-77-67-65(75)64(74)63(73)61(56-69)78-67)68-66(76)60(71)55-53-51-49-47-45-43-41-39-37-35-32-26-24-22-20-18-16-14-12-10-8-6-4-2/h46,48,58-65,67,69-75H,3-45,47,49-57H2,1-2H3,(H,68,76)/b48-46+. The molecule has 8 N–H and O–H groups in total. The van der Waals surface area contributed by atoms with Crippen LogP contribution in [0.4, 0.5) is 0 Å². The van der Waals surface area contributed by atoms with Gasteiger partial charge in [-0.05, 0) is 38.5 Å². The van der Waals surface area contributed by atoms with E-state index in [1.54, 1.807) is 0 Å². The molecule has 11 heteroatoms. The molecule has 1 fully saturated rings. The first-order chi connectivity index (χ1) is 38.2. The molecule has 0 radical (unpaired) electrons. The van der Waals surface area contributed by atoms with Gasteiger partial charge < -0.3 is 50.5 Å². The predicted molar refractivity (Wildman–Crippen MR) is 326 cm³/mol. The van der Waals surface area contributed by atoms with Crippen molar-refractivity contribution in [3.63, 3.8) is 0 Å². The summed E-state index contributed by atoms with van der Waals surface area (Å²) >= 11 is 0. The fourth-order valence-electron chi connectivity index (χ4n) is 11.3. The van der Waals surface area contributed by atoms with Gasteiger partial charge in [-0.25, -0.2) is 0 Å². The highest BCUT2D eigenvalue weighted by Crippen LogP contribution is 2.24. The van der Waals surface area contributed by atoms with Crippen LogP contribution in [0.25, 0.3) is 0 Å². The van der Waals surface area contributed by atoms with Gasteiger partial charge >= 0.3 is 0 Å². The zero-order chi connectivity index (χ0) is 56.8. The van der Waals surface area contributed by atoms with Gasteiger partial charge in [-0.15, -0.1) is 0 Å². The second-order valence-corrected chi connectivity index (χ2v) is 24.3. The minimum absolute atomic E-state index is 0.260. The van der Waals surface area contributed by atoms with Crippen molar-refractivity contribution in [3.05, 3.63) is 12.2 Å². The minimum Gasteiger partial charge on any atom is -0.394 e. The first kappa shape index (κ1) is 74.9. The van der Waals surface area contributed by atoms with E-state index in [1.165, 1.54) is 263 Å². The van der Waals surface area contributed by atoms with E-state index in [2.05, 4.69) is 31.3 Å². The summed E-state index contributed by atoms with van der Waals surface area (Å²) in [7, 11) is 0. The number of hydrogen-bond donors (Lipinski definition) is 8. The Balaban J connectivity index is 2.23. The zero-order valence-electron chi connectivity index (χ0n) is 51.2. The third-order valence-electron chi connectivity index (χ3n) is 16.8. The number of amides is 1. The molecule has 78 heavy (non-hydrogen) atoms. The van der Waals surface area contributed by atoms with Crippen LogP contribution in [0, 0.1) is 0 Å². The third kappa shape index (κ3) is 43.5. The molecule has 11 nitrogen and oxygen atoms in total. The molecule has 0 saturated carbocycles. The second kappa shape index (κ2) is 56.3. The number of aliphatic hydroxyl groups is 7. The normalized spacial score (nSPS) is 19.4. The summed E-state index contributed by atoms with van der Waals surface area (Å²) in [6, 6.07) is -1.18. The average molecular weight is 1110 g/mol. The van der Waals surface area contributed by atoms with Crippen LogP contribution in [0.15, 0.2) is 12.2 Å². The maximum Gasteiger partial charge on any atom is 0.249 e. The van der Waals surface area contributed by atoms with E-state index >= 15 is 0 Å². The number of unbranched alkanes of at least 4 members (excludes halogenated alkanes) is 46. The van der Waals surface area contributed by atoms with Crippen LogP contribution in [-0.4, -0.2) is 110 Å². The van der Waals surface area contributed by atoms with E-state index in [1.807, 2.05) is 0 Å². The Morgan fingerprint density at radius 2 is 0.756 bits per heavy atom. The van der Waals surface area contributed by atoms with Gasteiger partial charge in [0.1, 0.15) is 36.6 Å². The number of nitrogens with one attached hydrogen (secondary N) is 1. The molecule has 464 valence electrons. The average Bonchev–Trinajstić information content (AvgIpc) is 3.46. The quantitative estimate of drug-likeness (QED) is 0.0215. The molecule has 9 unspecified atom stereocenters. The number of rotatable bonds is 60. The van der Waals surface area contributed by atoms with Gasteiger partial charge in [-0.1, -0.05) is 315 Å². The maximum absolute atomic E-state index is 13.2. The smallest absolute Gasteiger partial charge is 0.249 e. The van der Waals surface area contributed by atoms with Gasteiger partial charge in [0.25, 0.3) is 0 Å². The molecule has 9 atom stereocenters. The van der Waals surface area contributed by atoms with Crippen LogP contribution in [0.5, 0.6) is 0 Å². The van der Waals surface area contributed by atoms with Crippen molar-refractivity contribution in [1.82, 2.24) is 5.32 Å².